The summed E-state index contributed by atoms with van der Waals surface area (Å²) in [7, 11) is 0. The molecule has 0 aliphatic heterocycles. The number of nitrogens with two attached hydrogens (primary N) is 1. The number of carbonyl (C=O) groups is 1. The van der Waals surface area contributed by atoms with Gasteiger partial charge < -0.3 is 15.8 Å². The van der Waals surface area contributed by atoms with Crippen LogP contribution in [0.2, 0.25) is 0 Å². The van der Waals surface area contributed by atoms with Crippen LogP contribution in [-0.2, 0) is 9.53 Å². The number of hydrogen-bond acceptors (Lipinski definition) is 3. The minimum absolute atomic E-state index is 0.186. The van der Waals surface area contributed by atoms with Crippen LogP contribution in [0.3, 0.4) is 0 Å². The summed E-state index contributed by atoms with van der Waals surface area (Å²) in [4.78, 5) is 11.8. The zero-order valence-corrected chi connectivity index (χ0v) is 11.8. The second kappa shape index (κ2) is 8.48. The van der Waals surface area contributed by atoms with Crippen molar-refractivity contribution in [1.82, 2.24) is 5.32 Å². The van der Waals surface area contributed by atoms with Gasteiger partial charge in [-0.05, 0) is 45.1 Å². The van der Waals surface area contributed by atoms with Gasteiger partial charge in [-0.2, -0.15) is 0 Å². The van der Waals surface area contributed by atoms with E-state index in [1.54, 1.807) is 0 Å². The SMILES string of the molecule is CCOC1CC(NC(=O)CCC(CC)CCN)C1. The molecule has 1 saturated carbocycles. The van der Waals surface area contributed by atoms with E-state index in [2.05, 4.69) is 12.2 Å². The Kier molecular flexibility index (Phi) is 7.28. The Bertz CT molecular complexity index is 240. The molecule has 1 aliphatic rings. The molecule has 4 nitrogen and oxygen atoms in total. The van der Waals surface area contributed by atoms with E-state index in [1.165, 1.54) is 0 Å². The Morgan fingerprint density at radius 3 is 2.67 bits per heavy atom. The first kappa shape index (κ1) is 15.4. The molecule has 0 bridgehead atoms. The van der Waals surface area contributed by atoms with Crippen LogP contribution in [0.1, 0.15) is 52.4 Å². The molecule has 1 unspecified atom stereocenters. The van der Waals surface area contributed by atoms with E-state index in [-0.39, 0.29) is 5.91 Å². The quantitative estimate of drug-likeness (QED) is 0.661. The number of rotatable bonds is 9. The van der Waals surface area contributed by atoms with Crippen LogP contribution in [-0.4, -0.2) is 31.2 Å². The van der Waals surface area contributed by atoms with Gasteiger partial charge in [-0.1, -0.05) is 13.3 Å². The smallest absolute Gasteiger partial charge is 0.220 e. The van der Waals surface area contributed by atoms with E-state index in [0.29, 0.717) is 24.5 Å². The van der Waals surface area contributed by atoms with Gasteiger partial charge in [0.15, 0.2) is 0 Å². The number of hydrogen-bond donors (Lipinski definition) is 2. The first-order chi connectivity index (χ1) is 8.69. The standard InChI is InChI=1S/C14H28N2O2/c1-3-11(7-8-15)5-6-14(17)16-12-9-13(10-12)18-4-2/h11-13H,3-10,15H2,1-2H3,(H,16,17). The van der Waals surface area contributed by atoms with E-state index in [9.17, 15) is 4.79 Å². The summed E-state index contributed by atoms with van der Waals surface area (Å²) < 4.78 is 5.47. The third-order valence-electron chi connectivity index (χ3n) is 3.79. The lowest BCUT2D eigenvalue weighted by Crippen LogP contribution is -2.47. The second-order valence-corrected chi connectivity index (χ2v) is 5.20. The van der Waals surface area contributed by atoms with E-state index in [4.69, 9.17) is 10.5 Å². The first-order valence-corrected chi connectivity index (χ1v) is 7.30. The molecule has 0 aromatic carbocycles. The van der Waals surface area contributed by atoms with Gasteiger partial charge in [-0.15, -0.1) is 0 Å². The Hall–Kier alpha value is -0.610. The summed E-state index contributed by atoms with van der Waals surface area (Å²) in [6.07, 6.45) is 6.04. The molecule has 1 fully saturated rings. The van der Waals surface area contributed by atoms with Crippen molar-refractivity contribution < 1.29 is 9.53 Å². The summed E-state index contributed by atoms with van der Waals surface area (Å²) in [5.74, 6) is 0.781. The topological polar surface area (TPSA) is 64.3 Å². The maximum absolute atomic E-state index is 11.8. The van der Waals surface area contributed by atoms with Gasteiger partial charge in [0.25, 0.3) is 0 Å². The highest BCUT2D eigenvalue weighted by Gasteiger charge is 2.30. The molecule has 106 valence electrons. The van der Waals surface area contributed by atoms with Crippen molar-refractivity contribution >= 4 is 5.91 Å². The maximum Gasteiger partial charge on any atom is 0.220 e. The lowest BCUT2D eigenvalue weighted by Gasteiger charge is -2.35. The number of ether oxygens (including phenoxy) is 1. The van der Waals surface area contributed by atoms with Crippen molar-refractivity contribution in [3.8, 4) is 0 Å². The largest absolute Gasteiger partial charge is 0.378 e. The van der Waals surface area contributed by atoms with Crippen LogP contribution in [0.25, 0.3) is 0 Å². The molecular weight excluding hydrogens is 228 g/mol. The van der Waals surface area contributed by atoms with E-state index < -0.39 is 0 Å². The average molecular weight is 256 g/mol. The fraction of sp³-hybridized carbons (Fsp3) is 0.929. The Morgan fingerprint density at radius 1 is 1.39 bits per heavy atom. The van der Waals surface area contributed by atoms with Gasteiger partial charge in [0.1, 0.15) is 0 Å². The second-order valence-electron chi connectivity index (χ2n) is 5.20. The molecule has 1 aliphatic carbocycles. The minimum atomic E-state index is 0.186. The molecule has 1 rings (SSSR count). The first-order valence-electron chi connectivity index (χ1n) is 7.30. The number of carbonyl (C=O) groups excluding carboxylic acids is 1. The van der Waals surface area contributed by atoms with Gasteiger partial charge >= 0.3 is 0 Å². The minimum Gasteiger partial charge on any atom is -0.378 e. The normalized spacial score (nSPS) is 24.4. The summed E-state index contributed by atoms with van der Waals surface area (Å²) in [6.45, 7) is 5.66. The van der Waals surface area contributed by atoms with Gasteiger partial charge in [0.05, 0.1) is 6.10 Å². The predicted molar refractivity (Wildman–Crippen MR) is 73.3 cm³/mol. The Labute approximate surface area is 111 Å². The van der Waals surface area contributed by atoms with Gasteiger partial charge in [0.2, 0.25) is 5.91 Å². The summed E-state index contributed by atoms with van der Waals surface area (Å²) in [6, 6.07) is 0.337. The Balaban J connectivity index is 2.07. The molecule has 3 N–H and O–H groups in total. The molecule has 0 saturated heterocycles. The van der Waals surface area contributed by atoms with Crippen LogP contribution >= 0.6 is 0 Å². The monoisotopic (exact) mass is 256 g/mol. The van der Waals surface area contributed by atoms with Crippen molar-refractivity contribution in [1.29, 1.82) is 0 Å². The molecule has 0 spiro atoms. The fourth-order valence-corrected chi connectivity index (χ4v) is 2.48. The highest BCUT2D eigenvalue weighted by molar-refractivity contribution is 5.76. The van der Waals surface area contributed by atoms with Gasteiger partial charge in [-0.25, -0.2) is 0 Å². The third-order valence-corrected chi connectivity index (χ3v) is 3.79. The van der Waals surface area contributed by atoms with Crippen molar-refractivity contribution in [3.63, 3.8) is 0 Å². The van der Waals surface area contributed by atoms with Crippen LogP contribution in [0.15, 0.2) is 0 Å². The zero-order chi connectivity index (χ0) is 13.4. The predicted octanol–water partition coefficient (Wildman–Crippen LogP) is 1.83. The Morgan fingerprint density at radius 2 is 2.11 bits per heavy atom. The highest BCUT2D eigenvalue weighted by atomic mass is 16.5. The average Bonchev–Trinajstić information content (AvgIpc) is 2.32. The zero-order valence-electron chi connectivity index (χ0n) is 11.8. The van der Waals surface area contributed by atoms with Crippen molar-refractivity contribution in [2.45, 2.75) is 64.5 Å². The van der Waals surface area contributed by atoms with Crippen LogP contribution in [0.4, 0.5) is 0 Å². The lowest BCUT2D eigenvalue weighted by atomic mass is 9.89. The van der Waals surface area contributed by atoms with E-state index >= 15 is 0 Å². The van der Waals surface area contributed by atoms with Crippen molar-refractivity contribution in [3.05, 3.63) is 0 Å². The molecule has 0 radical (unpaired) electrons. The molecule has 0 aromatic rings. The fourth-order valence-electron chi connectivity index (χ4n) is 2.48. The summed E-state index contributed by atoms with van der Waals surface area (Å²) in [5.41, 5.74) is 5.55. The van der Waals surface area contributed by atoms with Crippen LogP contribution in [0, 0.1) is 5.92 Å². The maximum atomic E-state index is 11.8. The van der Waals surface area contributed by atoms with Gasteiger partial charge in [0, 0.05) is 19.1 Å². The molecular formula is C14H28N2O2. The van der Waals surface area contributed by atoms with E-state index in [0.717, 1.165) is 45.3 Å². The molecule has 0 aromatic heterocycles. The molecule has 0 heterocycles. The highest BCUT2D eigenvalue weighted by Crippen LogP contribution is 2.23. The lowest BCUT2D eigenvalue weighted by molar-refractivity contribution is -0.124. The number of amides is 1. The molecule has 1 amide bonds. The van der Waals surface area contributed by atoms with Crippen LogP contribution in [0.5, 0.6) is 0 Å². The van der Waals surface area contributed by atoms with Crippen molar-refractivity contribution in [2.24, 2.45) is 11.7 Å². The molecule has 18 heavy (non-hydrogen) atoms. The third kappa shape index (κ3) is 5.36. The van der Waals surface area contributed by atoms with E-state index in [1.807, 2.05) is 6.92 Å². The molecule has 4 heteroatoms. The summed E-state index contributed by atoms with van der Waals surface area (Å²) in [5, 5.41) is 3.08. The molecule has 1 atom stereocenters. The van der Waals surface area contributed by atoms with Crippen LogP contribution < -0.4 is 11.1 Å². The number of nitrogens with one attached hydrogen (secondary N) is 1. The summed E-state index contributed by atoms with van der Waals surface area (Å²) >= 11 is 0. The van der Waals surface area contributed by atoms with Gasteiger partial charge in [-0.3, -0.25) is 4.79 Å². The van der Waals surface area contributed by atoms with Crippen molar-refractivity contribution in [2.75, 3.05) is 13.2 Å².